The van der Waals surface area contributed by atoms with Crippen LogP contribution in [0.3, 0.4) is 0 Å². The van der Waals surface area contributed by atoms with Crippen LogP contribution in [-0.4, -0.2) is 32.1 Å². The molecule has 7 nitrogen and oxygen atoms in total. The average Bonchev–Trinajstić information content (AvgIpc) is 2.80. The molecule has 0 unspecified atom stereocenters. The lowest BCUT2D eigenvalue weighted by Gasteiger charge is -2.12. The molecule has 3 aromatic carbocycles. The van der Waals surface area contributed by atoms with Crippen LogP contribution in [0.25, 0.3) is 0 Å². The number of ether oxygens (including phenoxy) is 2. The first-order chi connectivity index (χ1) is 15.5. The molecule has 32 heavy (non-hydrogen) atoms. The Morgan fingerprint density at radius 2 is 1.47 bits per heavy atom. The van der Waals surface area contributed by atoms with Crippen LogP contribution >= 0.6 is 0 Å². The van der Waals surface area contributed by atoms with Crippen molar-refractivity contribution in [3.8, 4) is 11.5 Å². The van der Waals surface area contributed by atoms with Crippen LogP contribution in [0, 0.1) is 5.82 Å². The van der Waals surface area contributed by atoms with Crippen LogP contribution in [0.15, 0.2) is 72.8 Å². The predicted octanol–water partition coefficient (Wildman–Crippen LogP) is 3.58. The van der Waals surface area contributed by atoms with E-state index in [4.69, 9.17) is 9.47 Å². The number of carbonyl (C=O) groups is 2. The molecule has 0 aliphatic carbocycles. The Hall–Kier alpha value is -3.91. The third kappa shape index (κ3) is 7.10. The number of hydrogen-bond acceptors (Lipinski definition) is 5. The van der Waals surface area contributed by atoms with Crippen molar-refractivity contribution >= 4 is 23.2 Å². The summed E-state index contributed by atoms with van der Waals surface area (Å²) >= 11 is 0. The lowest BCUT2D eigenvalue weighted by atomic mass is 10.2. The van der Waals surface area contributed by atoms with E-state index in [1.165, 1.54) is 24.3 Å². The number of carbonyl (C=O) groups excluding carboxylic acids is 2. The molecule has 0 atom stereocenters. The maximum Gasteiger partial charge on any atom is 0.262 e. The van der Waals surface area contributed by atoms with E-state index < -0.39 is 0 Å². The first kappa shape index (κ1) is 22.8. The Morgan fingerprint density at radius 1 is 0.844 bits per heavy atom. The number of halogens is 1. The summed E-state index contributed by atoms with van der Waals surface area (Å²) in [5.74, 6) is 0.317. The second-order valence-electron chi connectivity index (χ2n) is 6.83. The Morgan fingerprint density at radius 3 is 2.16 bits per heavy atom. The van der Waals surface area contributed by atoms with Crippen LogP contribution in [0.1, 0.15) is 5.56 Å². The molecular weight excluding hydrogens is 413 g/mol. The summed E-state index contributed by atoms with van der Waals surface area (Å²) in [6, 6.07) is 19.8. The van der Waals surface area contributed by atoms with Gasteiger partial charge in [0.05, 0.1) is 13.7 Å². The van der Waals surface area contributed by atoms with Gasteiger partial charge in [-0.2, -0.15) is 0 Å². The monoisotopic (exact) mass is 437 g/mol. The molecule has 2 amide bonds. The van der Waals surface area contributed by atoms with Gasteiger partial charge in [-0.3, -0.25) is 9.59 Å². The second-order valence-corrected chi connectivity index (χ2v) is 6.83. The van der Waals surface area contributed by atoms with Gasteiger partial charge in [0.2, 0.25) is 5.91 Å². The normalized spacial score (nSPS) is 10.3. The predicted molar refractivity (Wildman–Crippen MR) is 120 cm³/mol. The highest BCUT2D eigenvalue weighted by molar-refractivity contribution is 5.92. The van der Waals surface area contributed by atoms with E-state index in [1.54, 1.807) is 43.5 Å². The molecule has 0 aliphatic rings. The summed E-state index contributed by atoms with van der Waals surface area (Å²) in [5, 5.41) is 8.50. The van der Waals surface area contributed by atoms with E-state index in [0.29, 0.717) is 29.4 Å². The van der Waals surface area contributed by atoms with Crippen molar-refractivity contribution in [1.82, 2.24) is 5.32 Å². The van der Waals surface area contributed by atoms with Crippen LogP contribution in [0.5, 0.6) is 11.5 Å². The molecule has 0 heterocycles. The molecule has 3 rings (SSSR count). The van der Waals surface area contributed by atoms with Gasteiger partial charge >= 0.3 is 0 Å². The van der Waals surface area contributed by atoms with Crippen LogP contribution in [0.2, 0.25) is 0 Å². The molecular formula is C24H24FN3O4. The van der Waals surface area contributed by atoms with Crippen molar-refractivity contribution in [1.29, 1.82) is 0 Å². The highest BCUT2D eigenvalue weighted by Crippen LogP contribution is 2.18. The summed E-state index contributed by atoms with van der Waals surface area (Å²) in [7, 11) is 1.58. The number of benzene rings is 3. The minimum atomic E-state index is -0.377. The third-order valence-corrected chi connectivity index (χ3v) is 4.43. The van der Waals surface area contributed by atoms with E-state index in [9.17, 15) is 14.0 Å². The number of amides is 2. The molecule has 166 valence electrons. The Bertz CT molecular complexity index is 1040. The molecule has 0 radical (unpaired) electrons. The van der Waals surface area contributed by atoms with Crippen LogP contribution < -0.4 is 25.4 Å². The van der Waals surface area contributed by atoms with Gasteiger partial charge in [0.1, 0.15) is 17.3 Å². The summed E-state index contributed by atoms with van der Waals surface area (Å²) < 4.78 is 23.7. The largest absolute Gasteiger partial charge is 0.497 e. The summed E-state index contributed by atoms with van der Waals surface area (Å²) in [4.78, 5) is 24.2. The zero-order valence-electron chi connectivity index (χ0n) is 17.6. The smallest absolute Gasteiger partial charge is 0.262 e. The highest BCUT2D eigenvalue weighted by atomic mass is 19.1. The standard InChI is InChI=1S/C24H24FN3O4/c1-31-21-12-10-20(11-13-21)27-23(29)15-26-14-17-4-2-3-5-22(17)32-16-24(30)28-19-8-6-18(25)7-9-19/h2-13,26H,14-16H2,1H3,(H,27,29)(H,28,30). The molecule has 0 aromatic heterocycles. The van der Waals surface area contributed by atoms with Gasteiger partial charge in [-0.05, 0) is 54.6 Å². The van der Waals surface area contributed by atoms with E-state index in [0.717, 1.165) is 5.56 Å². The first-order valence-electron chi connectivity index (χ1n) is 9.94. The Kier molecular flexibility index (Phi) is 8.16. The number of hydrogen-bond donors (Lipinski definition) is 3. The fourth-order valence-electron chi connectivity index (χ4n) is 2.85. The lowest BCUT2D eigenvalue weighted by molar-refractivity contribution is -0.118. The molecule has 0 spiro atoms. The summed E-state index contributed by atoms with van der Waals surface area (Å²) in [5.41, 5.74) is 1.96. The van der Waals surface area contributed by atoms with Crippen molar-refractivity contribution in [3.63, 3.8) is 0 Å². The third-order valence-electron chi connectivity index (χ3n) is 4.43. The average molecular weight is 437 g/mol. The Labute approximate surface area is 185 Å². The zero-order valence-corrected chi connectivity index (χ0v) is 17.6. The highest BCUT2D eigenvalue weighted by Gasteiger charge is 2.09. The molecule has 3 aromatic rings. The fourth-order valence-corrected chi connectivity index (χ4v) is 2.85. The van der Waals surface area contributed by atoms with Gasteiger partial charge in [0.25, 0.3) is 5.91 Å². The maximum atomic E-state index is 13.0. The molecule has 8 heteroatoms. The number of rotatable bonds is 10. The molecule has 3 N–H and O–H groups in total. The van der Waals surface area contributed by atoms with Gasteiger partial charge in [0, 0.05) is 23.5 Å². The van der Waals surface area contributed by atoms with E-state index >= 15 is 0 Å². The van der Waals surface area contributed by atoms with Gasteiger partial charge in [-0.25, -0.2) is 4.39 Å². The van der Waals surface area contributed by atoms with Crippen molar-refractivity contribution < 1.29 is 23.5 Å². The van der Waals surface area contributed by atoms with Crippen molar-refractivity contribution in [2.24, 2.45) is 0 Å². The van der Waals surface area contributed by atoms with Gasteiger partial charge < -0.3 is 25.4 Å². The molecule has 0 saturated carbocycles. The van der Waals surface area contributed by atoms with Gasteiger partial charge in [0.15, 0.2) is 6.61 Å². The minimum Gasteiger partial charge on any atom is -0.497 e. The SMILES string of the molecule is COc1ccc(NC(=O)CNCc2ccccc2OCC(=O)Nc2ccc(F)cc2)cc1. The van der Waals surface area contributed by atoms with E-state index in [1.807, 2.05) is 12.1 Å². The number of anilines is 2. The van der Waals surface area contributed by atoms with Crippen molar-refractivity contribution in [2.75, 3.05) is 30.9 Å². The van der Waals surface area contributed by atoms with Crippen LogP contribution in [0.4, 0.5) is 15.8 Å². The molecule has 0 bridgehead atoms. The van der Waals surface area contributed by atoms with Gasteiger partial charge in [-0.15, -0.1) is 0 Å². The Balaban J connectivity index is 1.45. The molecule has 0 saturated heterocycles. The van der Waals surface area contributed by atoms with Gasteiger partial charge in [-0.1, -0.05) is 18.2 Å². The summed E-state index contributed by atoms with van der Waals surface area (Å²) in [6.45, 7) is 0.281. The fraction of sp³-hybridized carbons (Fsp3) is 0.167. The number of methoxy groups -OCH3 is 1. The van der Waals surface area contributed by atoms with E-state index in [-0.39, 0.29) is 30.8 Å². The maximum absolute atomic E-state index is 13.0. The number of nitrogens with one attached hydrogen (secondary N) is 3. The van der Waals surface area contributed by atoms with Crippen molar-refractivity contribution in [2.45, 2.75) is 6.54 Å². The second kappa shape index (κ2) is 11.5. The zero-order chi connectivity index (χ0) is 22.8. The topological polar surface area (TPSA) is 88.7 Å². The quantitative estimate of drug-likeness (QED) is 0.451. The van der Waals surface area contributed by atoms with Crippen molar-refractivity contribution in [3.05, 3.63) is 84.2 Å². The van der Waals surface area contributed by atoms with Crippen LogP contribution in [-0.2, 0) is 16.1 Å². The molecule has 0 aliphatic heterocycles. The minimum absolute atomic E-state index is 0.103. The van der Waals surface area contributed by atoms with E-state index in [2.05, 4.69) is 16.0 Å². The first-order valence-corrected chi connectivity index (χ1v) is 9.94. The number of para-hydroxylation sites is 1. The summed E-state index contributed by atoms with van der Waals surface area (Å²) in [6.07, 6.45) is 0. The lowest BCUT2D eigenvalue weighted by Crippen LogP contribution is -2.28. The molecule has 0 fully saturated rings.